The maximum absolute atomic E-state index is 12.7. The van der Waals surface area contributed by atoms with E-state index in [1.807, 2.05) is 13.1 Å². The number of likely N-dealkylation sites (tertiary alicyclic amines) is 1. The van der Waals surface area contributed by atoms with E-state index in [1.54, 1.807) is 17.2 Å². The molecule has 2 atom stereocenters. The van der Waals surface area contributed by atoms with Gasteiger partial charge in [-0.3, -0.25) is 15.1 Å². The lowest BCUT2D eigenvalue weighted by atomic mass is 9.96. The summed E-state index contributed by atoms with van der Waals surface area (Å²) >= 11 is 0. The quantitative estimate of drug-likeness (QED) is 0.805. The Balaban J connectivity index is 0.00000225. The first-order valence-corrected chi connectivity index (χ1v) is 8.95. The molecule has 2 aromatic rings. The Kier molecular flexibility index (Phi) is 5.42. The number of hydrogen-bond donors (Lipinski definition) is 1. The van der Waals surface area contributed by atoms with Crippen molar-refractivity contribution >= 4 is 18.3 Å². The molecule has 150 valence electrons. The number of amides is 1. The number of benzene rings is 1. The van der Waals surface area contributed by atoms with Crippen LogP contribution in [0.1, 0.15) is 36.6 Å². The fourth-order valence-electron chi connectivity index (χ4n) is 4.06. The molecular weight excluding hydrogens is 391 g/mol. The summed E-state index contributed by atoms with van der Waals surface area (Å²) in [5, 5.41) is 3.47. The Morgan fingerprint density at radius 1 is 1.14 bits per heavy atom. The van der Waals surface area contributed by atoms with E-state index in [1.165, 1.54) is 12.1 Å². The van der Waals surface area contributed by atoms with Crippen LogP contribution < -0.4 is 5.32 Å². The molecule has 2 fully saturated rings. The molecule has 0 radical (unpaired) electrons. The Morgan fingerprint density at radius 3 is 2.46 bits per heavy atom. The average Bonchev–Trinajstić information content (AvgIpc) is 3.21. The number of rotatable bonds is 2. The van der Waals surface area contributed by atoms with Crippen molar-refractivity contribution in [3.8, 4) is 11.1 Å². The van der Waals surface area contributed by atoms with Gasteiger partial charge in [-0.05, 0) is 54.7 Å². The van der Waals surface area contributed by atoms with Crippen molar-refractivity contribution in [2.24, 2.45) is 0 Å². The summed E-state index contributed by atoms with van der Waals surface area (Å²) in [6, 6.07) is 8.77. The minimum atomic E-state index is -4.34. The molecule has 1 N–H and O–H groups in total. The van der Waals surface area contributed by atoms with Gasteiger partial charge in [-0.15, -0.1) is 12.4 Å². The zero-order valence-electron chi connectivity index (χ0n) is 15.3. The molecular formula is C20H21ClF3N3O. The van der Waals surface area contributed by atoms with E-state index in [4.69, 9.17) is 0 Å². The lowest BCUT2D eigenvalue weighted by Crippen LogP contribution is -2.47. The summed E-state index contributed by atoms with van der Waals surface area (Å²) in [5.41, 5.74) is 1.17. The number of nitrogens with one attached hydrogen (secondary N) is 1. The van der Waals surface area contributed by atoms with Gasteiger partial charge in [-0.2, -0.15) is 13.2 Å². The van der Waals surface area contributed by atoms with Gasteiger partial charge in [0.25, 0.3) is 0 Å². The van der Waals surface area contributed by atoms with Gasteiger partial charge in [0.15, 0.2) is 0 Å². The van der Waals surface area contributed by atoms with Crippen LogP contribution in [0.5, 0.6) is 0 Å². The average molecular weight is 412 g/mol. The third-order valence-corrected chi connectivity index (χ3v) is 5.62. The molecule has 0 aliphatic carbocycles. The molecule has 4 nitrogen and oxygen atoms in total. The van der Waals surface area contributed by atoms with Gasteiger partial charge in [-0.1, -0.05) is 12.1 Å². The van der Waals surface area contributed by atoms with Gasteiger partial charge < -0.3 is 4.90 Å². The summed E-state index contributed by atoms with van der Waals surface area (Å²) in [4.78, 5) is 18.6. The Bertz CT molecular complexity index is 872. The normalized spacial score (nSPS) is 24.6. The largest absolute Gasteiger partial charge is 0.416 e. The van der Waals surface area contributed by atoms with Gasteiger partial charge in [0.2, 0.25) is 5.91 Å². The number of carbonyl (C=O) groups is 1. The van der Waals surface area contributed by atoms with Crippen molar-refractivity contribution in [1.82, 2.24) is 15.2 Å². The molecule has 28 heavy (non-hydrogen) atoms. The number of hydrogen-bond acceptors (Lipinski definition) is 3. The zero-order chi connectivity index (χ0) is 19.2. The molecule has 3 heterocycles. The number of halogens is 4. The van der Waals surface area contributed by atoms with E-state index in [-0.39, 0.29) is 24.4 Å². The number of nitrogens with zero attached hydrogens (tertiary/aromatic N) is 2. The monoisotopic (exact) mass is 411 g/mol. The van der Waals surface area contributed by atoms with Crippen LogP contribution in [0.25, 0.3) is 11.1 Å². The third-order valence-electron chi connectivity index (χ3n) is 5.62. The van der Waals surface area contributed by atoms with E-state index in [2.05, 4.69) is 10.3 Å². The lowest BCUT2D eigenvalue weighted by molar-refractivity contribution is -0.137. The molecule has 1 aromatic heterocycles. The van der Waals surface area contributed by atoms with Crippen molar-refractivity contribution in [1.29, 1.82) is 0 Å². The minimum absolute atomic E-state index is 0. The SMILES string of the molecule is CN1CC[C@]2(CC[C@H](c3cc(-c4ccc(C(F)(F)F)cc4)ccn3)N2)C1=O.Cl. The molecule has 2 aliphatic heterocycles. The first-order valence-electron chi connectivity index (χ1n) is 8.95. The molecule has 0 saturated carbocycles. The molecule has 2 saturated heterocycles. The maximum Gasteiger partial charge on any atom is 0.416 e. The van der Waals surface area contributed by atoms with Crippen molar-refractivity contribution in [2.45, 2.75) is 37.0 Å². The highest BCUT2D eigenvalue weighted by Gasteiger charge is 2.50. The third kappa shape index (κ3) is 3.61. The van der Waals surface area contributed by atoms with E-state index >= 15 is 0 Å². The summed E-state index contributed by atoms with van der Waals surface area (Å²) in [6.07, 6.45) is -0.309. The first kappa shape index (κ1) is 20.6. The van der Waals surface area contributed by atoms with Gasteiger partial charge in [-0.25, -0.2) is 0 Å². The topological polar surface area (TPSA) is 45.2 Å². The molecule has 4 rings (SSSR count). The zero-order valence-corrected chi connectivity index (χ0v) is 16.1. The second kappa shape index (κ2) is 7.37. The van der Waals surface area contributed by atoms with E-state index in [0.717, 1.165) is 49.2 Å². The van der Waals surface area contributed by atoms with Crippen LogP contribution in [0.15, 0.2) is 42.6 Å². The van der Waals surface area contributed by atoms with Gasteiger partial charge in [0, 0.05) is 19.8 Å². The predicted molar refractivity (Wildman–Crippen MR) is 102 cm³/mol. The number of carbonyl (C=O) groups excluding carboxylic acids is 1. The summed E-state index contributed by atoms with van der Waals surface area (Å²) < 4.78 is 38.2. The Labute approximate surface area is 167 Å². The van der Waals surface area contributed by atoms with Crippen LogP contribution in [0.3, 0.4) is 0 Å². The number of alkyl halides is 3. The van der Waals surface area contributed by atoms with E-state index in [0.29, 0.717) is 5.56 Å². The first-order chi connectivity index (χ1) is 12.8. The highest BCUT2D eigenvalue weighted by atomic mass is 35.5. The smallest absolute Gasteiger partial charge is 0.344 e. The molecule has 0 bridgehead atoms. The van der Waals surface area contributed by atoms with Crippen LogP contribution in [0.4, 0.5) is 13.2 Å². The fourth-order valence-corrected chi connectivity index (χ4v) is 4.06. The van der Waals surface area contributed by atoms with E-state index < -0.39 is 17.3 Å². The molecule has 1 spiro atoms. The van der Waals surface area contributed by atoms with Crippen LogP contribution >= 0.6 is 12.4 Å². The van der Waals surface area contributed by atoms with E-state index in [9.17, 15) is 18.0 Å². The highest BCUT2D eigenvalue weighted by Crippen LogP contribution is 2.39. The predicted octanol–water partition coefficient (Wildman–Crippen LogP) is 4.21. The summed E-state index contributed by atoms with van der Waals surface area (Å²) in [6.45, 7) is 0.748. The van der Waals surface area contributed by atoms with Gasteiger partial charge >= 0.3 is 6.18 Å². The van der Waals surface area contributed by atoms with Crippen molar-refractivity contribution in [2.75, 3.05) is 13.6 Å². The van der Waals surface area contributed by atoms with Gasteiger partial charge in [0.1, 0.15) is 5.54 Å². The van der Waals surface area contributed by atoms with Crippen LogP contribution in [0.2, 0.25) is 0 Å². The molecule has 2 aliphatic rings. The number of pyridine rings is 1. The lowest BCUT2D eigenvalue weighted by Gasteiger charge is -2.23. The minimum Gasteiger partial charge on any atom is -0.344 e. The molecule has 1 amide bonds. The van der Waals surface area contributed by atoms with Crippen molar-refractivity contribution in [3.63, 3.8) is 0 Å². The van der Waals surface area contributed by atoms with Gasteiger partial charge in [0.05, 0.1) is 17.3 Å². The second-order valence-corrected chi connectivity index (χ2v) is 7.34. The fraction of sp³-hybridized carbons (Fsp3) is 0.400. The number of likely N-dealkylation sites (N-methyl/N-ethyl adjacent to an activating group) is 1. The van der Waals surface area contributed by atoms with Crippen molar-refractivity contribution in [3.05, 3.63) is 53.9 Å². The molecule has 8 heteroatoms. The summed E-state index contributed by atoms with van der Waals surface area (Å²) in [5.74, 6) is 0.129. The summed E-state index contributed by atoms with van der Waals surface area (Å²) in [7, 11) is 1.82. The van der Waals surface area contributed by atoms with Crippen LogP contribution in [-0.4, -0.2) is 34.9 Å². The highest BCUT2D eigenvalue weighted by molar-refractivity contribution is 5.88. The Hall–Kier alpha value is -2.12. The standard InChI is InChI=1S/C20H20F3N3O.ClH/c1-26-11-9-19(18(26)27)8-6-16(25-19)17-12-14(7-10-24-17)13-2-4-15(5-3-13)20(21,22)23;/h2-5,7,10,12,16,25H,6,8-9,11H2,1H3;1H/t16-,19-;/m1./s1. The van der Waals surface area contributed by atoms with Crippen LogP contribution in [-0.2, 0) is 11.0 Å². The second-order valence-electron chi connectivity index (χ2n) is 7.34. The molecule has 0 unspecified atom stereocenters. The molecule has 1 aromatic carbocycles. The van der Waals surface area contributed by atoms with Crippen LogP contribution in [0, 0.1) is 0 Å². The number of aromatic nitrogens is 1. The Morgan fingerprint density at radius 2 is 1.86 bits per heavy atom. The van der Waals surface area contributed by atoms with Crippen molar-refractivity contribution < 1.29 is 18.0 Å². The maximum atomic E-state index is 12.7.